The first-order valence-electron chi connectivity index (χ1n) is 6.09. The van der Waals surface area contributed by atoms with Gasteiger partial charge in [-0.25, -0.2) is 0 Å². The zero-order chi connectivity index (χ0) is 12.4. The van der Waals surface area contributed by atoms with Crippen molar-refractivity contribution in [3.05, 3.63) is 0 Å². The van der Waals surface area contributed by atoms with Crippen LogP contribution in [0, 0.1) is 5.92 Å². The molecular formula is C12H26N2O2. The summed E-state index contributed by atoms with van der Waals surface area (Å²) < 4.78 is 5.07. The number of nitrogens with one attached hydrogen (secondary N) is 2. The molecule has 0 fully saturated rings. The number of ether oxygens (including phenoxy) is 1. The van der Waals surface area contributed by atoms with Gasteiger partial charge in [0, 0.05) is 32.7 Å². The van der Waals surface area contributed by atoms with E-state index in [1.807, 2.05) is 0 Å². The van der Waals surface area contributed by atoms with Gasteiger partial charge in [-0.2, -0.15) is 0 Å². The monoisotopic (exact) mass is 230 g/mol. The smallest absolute Gasteiger partial charge is 0.221 e. The summed E-state index contributed by atoms with van der Waals surface area (Å²) in [7, 11) is 1.69. The third-order valence-electron chi connectivity index (χ3n) is 2.35. The van der Waals surface area contributed by atoms with Gasteiger partial charge in [0.25, 0.3) is 0 Å². The van der Waals surface area contributed by atoms with Gasteiger partial charge in [-0.05, 0) is 12.3 Å². The van der Waals surface area contributed by atoms with E-state index in [9.17, 15) is 4.79 Å². The third kappa shape index (κ3) is 8.68. The third-order valence-corrected chi connectivity index (χ3v) is 2.35. The molecule has 0 bridgehead atoms. The Hall–Kier alpha value is -0.610. The molecule has 16 heavy (non-hydrogen) atoms. The molecule has 0 aliphatic rings. The van der Waals surface area contributed by atoms with Crippen LogP contribution in [-0.2, 0) is 9.53 Å². The van der Waals surface area contributed by atoms with E-state index in [0.29, 0.717) is 31.5 Å². The van der Waals surface area contributed by atoms with E-state index >= 15 is 0 Å². The fraction of sp³-hybridized carbons (Fsp3) is 0.917. The molecule has 4 heteroatoms. The number of amides is 1. The van der Waals surface area contributed by atoms with Crippen LogP contribution in [0.15, 0.2) is 0 Å². The second-order valence-electron chi connectivity index (χ2n) is 4.46. The maximum absolute atomic E-state index is 11.4. The van der Waals surface area contributed by atoms with Crippen LogP contribution >= 0.6 is 0 Å². The average molecular weight is 230 g/mol. The molecular weight excluding hydrogens is 204 g/mol. The highest BCUT2D eigenvalue weighted by Crippen LogP contribution is 1.92. The van der Waals surface area contributed by atoms with Gasteiger partial charge in [-0.1, -0.05) is 20.8 Å². The summed E-state index contributed by atoms with van der Waals surface area (Å²) in [6.45, 7) is 8.45. The minimum absolute atomic E-state index is 0.119. The van der Waals surface area contributed by atoms with E-state index < -0.39 is 0 Å². The predicted molar refractivity (Wildman–Crippen MR) is 66.4 cm³/mol. The fourth-order valence-electron chi connectivity index (χ4n) is 1.32. The van der Waals surface area contributed by atoms with Gasteiger partial charge in [0.15, 0.2) is 0 Å². The van der Waals surface area contributed by atoms with Crippen molar-refractivity contribution in [3.8, 4) is 0 Å². The van der Waals surface area contributed by atoms with Gasteiger partial charge in [0.2, 0.25) is 5.91 Å². The summed E-state index contributed by atoms with van der Waals surface area (Å²) in [6.07, 6.45) is 1.55. The number of hydrogen-bond acceptors (Lipinski definition) is 3. The number of carbonyl (C=O) groups excluding carboxylic acids is 1. The molecule has 0 saturated heterocycles. The predicted octanol–water partition coefficient (Wildman–Crippen LogP) is 1.16. The highest BCUT2D eigenvalue weighted by atomic mass is 16.5. The Morgan fingerprint density at radius 3 is 2.56 bits per heavy atom. The van der Waals surface area contributed by atoms with E-state index in [-0.39, 0.29) is 5.91 Å². The molecule has 0 aliphatic heterocycles. The van der Waals surface area contributed by atoms with E-state index in [1.165, 1.54) is 0 Å². The molecule has 4 nitrogen and oxygen atoms in total. The van der Waals surface area contributed by atoms with Gasteiger partial charge in [-0.3, -0.25) is 4.79 Å². The van der Waals surface area contributed by atoms with Crippen molar-refractivity contribution in [3.63, 3.8) is 0 Å². The Bertz CT molecular complexity index is 184. The van der Waals surface area contributed by atoms with E-state index in [2.05, 4.69) is 31.4 Å². The first-order valence-corrected chi connectivity index (χ1v) is 6.09. The molecule has 1 atom stereocenters. The number of hydrogen-bond donors (Lipinski definition) is 2. The lowest BCUT2D eigenvalue weighted by atomic mass is 10.2. The Morgan fingerprint density at radius 2 is 2.06 bits per heavy atom. The summed E-state index contributed by atoms with van der Waals surface area (Å²) in [5.41, 5.74) is 0. The Balaban J connectivity index is 3.52. The molecule has 0 rings (SSSR count). The van der Waals surface area contributed by atoms with Crippen molar-refractivity contribution in [1.29, 1.82) is 0 Å². The summed E-state index contributed by atoms with van der Waals surface area (Å²) in [6, 6.07) is 0.350. The second kappa shape index (κ2) is 9.60. The molecule has 1 unspecified atom stereocenters. The lowest BCUT2D eigenvalue weighted by molar-refractivity contribution is -0.121. The molecule has 96 valence electrons. The first-order chi connectivity index (χ1) is 7.60. The maximum Gasteiger partial charge on any atom is 0.221 e. The van der Waals surface area contributed by atoms with Crippen LogP contribution in [0.3, 0.4) is 0 Å². The van der Waals surface area contributed by atoms with Crippen LogP contribution in [0.2, 0.25) is 0 Å². The van der Waals surface area contributed by atoms with E-state index in [4.69, 9.17) is 4.74 Å². The Morgan fingerprint density at radius 1 is 1.38 bits per heavy atom. The summed E-state index contributed by atoms with van der Waals surface area (Å²) in [5.74, 6) is 0.627. The van der Waals surface area contributed by atoms with Crippen LogP contribution < -0.4 is 10.6 Å². The van der Waals surface area contributed by atoms with Gasteiger partial charge >= 0.3 is 0 Å². The highest BCUT2D eigenvalue weighted by Gasteiger charge is 2.06. The molecule has 0 aromatic heterocycles. The second-order valence-corrected chi connectivity index (χ2v) is 4.46. The zero-order valence-electron chi connectivity index (χ0n) is 11.0. The van der Waals surface area contributed by atoms with Crippen LogP contribution in [0.1, 0.15) is 33.6 Å². The van der Waals surface area contributed by atoms with Gasteiger partial charge in [-0.15, -0.1) is 0 Å². The highest BCUT2D eigenvalue weighted by molar-refractivity contribution is 5.76. The minimum atomic E-state index is 0.119. The Kier molecular flexibility index (Phi) is 9.24. The van der Waals surface area contributed by atoms with Gasteiger partial charge in [0.1, 0.15) is 0 Å². The van der Waals surface area contributed by atoms with Crippen molar-refractivity contribution in [1.82, 2.24) is 10.6 Å². The quantitative estimate of drug-likeness (QED) is 0.625. The summed E-state index contributed by atoms with van der Waals surface area (Å²) in [4.78, 5) is 11.4. The standard InChI is InChI=1S/C12H26N2O2/c1-5-11(9-16-4)13-7-6-12(15)14-8-10(2)3/h10-11,13H,5-9H2,1-4H3,(H,14,15). The van der Waals surface area contributed by atoms with Crippen molar-refractivity contribution in [2.45, 2.75) is 39.7 Å². The molecule has 2 N–H and O–H groups in total. The molecule has 0 spiro atoms. The topological polar surface area (TPSA) is 50.4 Å². The molecule has 0 heterocycles. The molecule has 0 aromatic rings. The van der Waals surface area contributed by atoms with Gasteiger partial charge in [0.05, 0.1) is 6.61 Å². The van der Waals surface area contributed by atoms with E-state index in [1.54, 1.807) is 7.11 Å². The van der Waals surface area contributed by atoms with Crippen LogP contribution in [-0.4, -0.2) is 38.8 Å². The summed E-state index contributed by atoms with van der Waals surface area (Å²) in [5, 5.41) is 6.20. The van der Waals surface area contributed by atoms with Gasteiger partial charge < -0.3 is 15.4 Å². The maximum atomic E-state index is 11.4. The minimum Gasteiger partial charge on any atom is -0.383 e. The molecule has 0 saturated carbocycles. The van der Waals surface area contributed by atoms with Crippen molar-refractivity contribution in [2.24, 2.45) is 5.92 Å². The number of rotatable bonds is 9. The molecule has 0 radical (unpaired) electrons. The first kappa shape index (κ1) is 15.4. The SMILES string of the molecule is CCC(COC)NCCC(=O)NCC(C)C. The van der Waals surface area contributed by atoms with Crippen LogP contribution in [0.4, 0.5) is 0 Å². The van der Waals surface area contributed by atoms with Crippen LogP contribution in [0.25, 0.3) is 0 Å². The van der Waals surface area contributed by atoms with Crippen LogP contribution in [0.5, 0.6) is 0 Å². The fourth-order valence-corrected chi connectivity index (χ4v) is 1.32. The number of carbonyl (C=O) groups is 1. The van der Waals surface area contributed by atoms with E-state index in [0.717, 1.165) is 13.0 Å². The lowest BCUT2D eigenvalue weighted by Gasteiger charge is -2.15. The van der Waals surface area contributed by atoms with Crippen molar-refractivity contribution < 1.29 is 9.53 Å². The summed E-state index contributed by atoms with van der Waals surface area (Å²) >= 11 is 0. The normalized spacial score (nSPS) is 12.8. The van der Waals surface area contributed by atoms with Crippen molar-refractivity contribution in [2.75, 3.05) is 26.8 Å². The molecule has 1 amide bonds. The number of methoxy groups -OCH3 is 1. The molecule has 0 aliphatic carbocycles. The Labute approximate surface area is 99.1 Å². The largest absolute Gasteiger partial charge is 0.383 e. The van der Waals surface area contributed by atoms with Crippen molar-refractivity contribution >= 4 is 5.91 Å². The molecule has 0 aromatic carbocycles. The zero-order valence-corrected chi connectivity index (χ0v) is 11.0. The average Bonchev–Trinajstić information content (AvgIpc) is 2.25. The lowest BCUT2D eigenvalue weighted by Crippen LogP contribution is -2.36.